The molecule has 0 bridgehead atoms. The number of hydrogen-bond donors (Lipinski definition) is 3. The van der Waals surface area contributed by atoms with E-state index < -0.39 is 6.10 Å². The highest BCUT2D eigenvalue weighted by Gasteiger charge is 1.99. The molecule has 0 aliphatic rings. The van der Waals surface area contributed by atoms with Gasteiger partial charge in [0.1, 0.15) is 0 Å². The van der Waals surface area contributed by atoms with Crippen LogP contribution in [0.5, 0.6) is 0 Å². The number of hydrogen-bond acceptors (Lipinski definition) is 3. The van der Waals surface area contributed by atoms with E-state index in [9.17, 15) is 0 Å². The van der Waals surface area contributed by atoms with Crippen LogP contribution in [0.1, 0.15) is 0 Å². The second-order valence-electron chi connectivity index (χ2n) is 1.98. The van der Waals surface area contributed by atoms with E-state index in [2.05, 4.69) is 11.9 Å². The summed E-state index contributed by atoms with van der Waals surface area (Å²) >= 11 is 5.40. The van der Waals surface area contributed by atoms with Crippen LogP contribution in [-0.4, -0.2) is 36.0 Å². The van der Waals surface area contributed by atoms with Crippen molar-refractivity contribution in [2.45, 2.75) is 6.10 Å². The van der Waals surface area contributed by atoms with E-state index in [0.717, 1.165) is 0 Å². The lowest BCUT2D eigenvalue weighted by atomic mass is 10.4. The van der Waals surface area contributed by atoms with Crippen molar-refractivity contribution in [2.75, 3.05) is 19.7 Å². The molecular formula is C6H12ClNO2. The van der Waals surface area contributed by atoms with E-state index in [1.165, 1.54) is 0 Å². The molecule has 0 amide bonds. The van der Waals surface area contributed by atoms with E-state index in [1.54, 1.807) is 0 Å². The van der Waals surface area contributed by atoms with Gasteiger partial charge in [0.25, 0.3) is 0 Å². The first-order valence-corrected chi connectivity index (χ1v) is 3.37. The van der Waals surface area contributed by atoms with E-state index in [4.69, 9.17) is 21.8 Å². The van der Waals surface area contributed by atoms with Crippen molar-refractivity contribution in [1.29, 1.82) is 0 Å². The van der Waals surface area contributed by atoms with Gasteiger partial charge in [-0.05, 0) is 0 Å². The topological polar surface area (TPSA) is 52.5 Å². The van der Waals surface area contributed by atoms with Crippen LogP contribution >= 0.6 is 11.6 Å². The van der Waals surface area contributed by atoms with Crippen LogP contribution in [0.15, 0.2) is 11.6 Å². The largest absolute Gasteiger partial charge is 0.394 e. The molecule has 3 nitrogen and oxygen atoms in total. The summed E-state index contributed by atoms with van der Waals surface area (Å²) < 4.78 is 0. The third kappa shape index (κ3) is 6.04. The second-order valence-corrected chi connectivity index (χ2v) is 2.52. The normalized spacial score (nSPS) is 13.1. The lowest BCUT2D eigenvalue weighted by Gasteiger charge is -2.06. The van der Waals surface area contributed by atoms with Crippen LogP contribution in [0.3, 0.4) is 0 Å². The van der Waals surface area contributed by atoms with Gasteiger partial charge in [-0.2, -0.15) is 0 Å². The Balaban J connectivity index is 3.11. The minimum absolute atomic E-state index is 0.234. The third-order valence-electron chi connectivity index (χ3n) is 0.908. The van der Waals surface area contributed by atoms with Crippen molar-refractivity contribution in [2.24, 2.45) is 0 Å². The standard InChI is InChI=1S/C6H12ClNO2/c1-5(7)2-8-3-6(10)4-9/h6,8-10H,1-4H2/t6-/m0/s1. The SMILES string of the molecule is C=C(Cl)CNC[C@H](O)CO. The fourth-order valence-electron chi connectivity index (χ4n) is 0.439. The lowest BCUT2D eigenvalue weighted by Crippen LogP contribution is -2.29. The third-order valence-corrected chi connectivity index (χ3v) is 1.04. The van der Waals surface area contributed by atoms with Crippen LogP contribution in [0.25, 0.3) is 0 Å². The minimum Gasteiger partial charge on any atom is -0.394 e. The number of aliphatic hydroxyl groups excluding tert-OH is 2. The summed E-state index contributed by atoms with van der Waals surface area (Å²) in [7, 11) is 0. The second kappa shape index (κ2) is 5.68. The summed E-state index contributed by atoms with van der Waals surface area (Å²) in [5.41, 5.74) is 0. The minimum atomic E-state index is -0.712. The Bertz CT molecular complexity index is 108. The van der Waals surface area contributed by atoms with Crippen LogP contribution in [0.2, 0.25) is 0 Å². The molecule has 0 spiro atoms. The number of halogens is 1. The molecule has 4 heteroatoms. The van der Waals surface area contributed by atoms with E-state index >= 15 is 0 Å². The molecule has 0 aromatic heterocycles. The molecule has 0 aliphatic carbocycles. The van der Waals surface area contributed by atoms with Crippen molar-refractivity contribution >= 4 is 11.6 Å². The van der Waals surface area contributed by atoms with Gasteiger partial charge in [-0.25, -0.2) is 0 Å². The fourth-order valence-corrected chi connectivity index (χ4v) is 0.533. The maximum absolute atomic E-state index is 8.79. The molecule has 0 radical (unpaired) electrons. The number of aliphatic hydroxyl groups is 2. The first-order chi connectivity index (χ1) is 4.66. The molecule has 0 aliphatic heterocycles. The Kier molecular flexibility index (Phi) is 5.63. The zero-order valence-corrected chi connectivity index (χ0v) is 6.43. The zero-order valence-electron chi connectivity index (χ0n) is 5.68. The van der Waals surface area contributed by atoms with Gasteiger partial charge in [0.15, 0.2) is 0 Å². The molecule has 0 saturated heterocycles. The predicted octanol–water partition coefficient (Wildman–Crippen LogP) is -0.318. The van der Waals surface area contributed by atoms with Crippen molar-refractivity contribution in [1.82, 2.24) is 5.32 Å². The monoisotopic (exact) mass is 165 g/mol. The molecule has 1 atom stereocenters. The van der Waals surface area contributed by atoms with Crippen LogP contribution < -0.4 is 5.32 Å². The summed E-state index contributed by atoms with van der Waals surface area (Å²) in [5, 5.41) is 20.4. The van der Waals surface area contributed by atoms with Crippen LogP contribution in [0.4, 0.5) is 0 Å². The van der Waals surface area contributed by atoms with Gasteiger partial charge in [-0.1, -0.05) is 18.2 Å². The Hall–Kier alpha value is -0.0900. The molecule has 0 rings (SSSR count). The zero-order chi connectivity index (χ0) is 7.98. The maximum atomic E-state index is 8.79. The molecule has 0 fully saturated rings. The van der Waals surface area contributed by atoms with Crippen molar-refractivity contribution < 1.29 is 10.2 Å². The predicted molar refractivity (Wildman–Crippen MR) is 41.0 cm³/mol. The highest BCUT2D eigenvalue weighted by molar-refractivity contribution is 6.29. The molecule has 60 valence electrons. The molecule has 0 saturated carbocycles. The van der Waals surface area contributed by atoms with Crippen molar-refractivity contribution in [3.63, 3.8) is 0 Å². The van der Waals surface area contributed by atoms with Gasteiger partial charge in [0.05, 0.1) is 12.7 Å². The van der Waals surface area contributed by atoms with Gasteiger partial charge in [-0.15, -0.1) is 0 Å². The highest BCUT2D eigenvalue weighted by atomic mass is 35.5. The Morgan fingerprint density at radius 2 is 2.30 bits per heavy atom. The number of rotatable bonds is 5. The molecular weight excluding hydrogens is 154 g/mol. The smallest absolute Gasteiger partial charge is 0.0895 e. The molecule has 0 heterocycles. The molecule has 10 heavy (non-hydrogen) atoms. The quantitative estimate of drug-likeness (QED) is 0.524. The lowest BCUT2D eigenvalue weighted by molar-refractivity contribution is 0.0953. The Morgan fingerprint density at radius 3 is 2.70 bits per heavy atom. The Labute approximate surface area is 65.3 Å². The first-order valence-electron chi connectivity index (χ1n) is 2.99. The first kappa shape index (κ1) is 9.91. The maximum Gasteiger partial charge on any atom is 0.0895 e. The van der Waals surface area contributed by atoms with Crippen molar-refractivity contribution in [3.05, 3.63) is 11.6 Å². The Morgan fingerprint density at radius 1 is 1.70 bits per heavy atom. The van der Waals surface area contributed by atoms with Crippen LogP contribution in [0, 0.1) is 0 Å². The molecule has 3 N–H and O–H groups in total. The van der Waals surface area contributed by atoms with Gasteiger partial charge in [0.2, 0.25) is 0 Å². The average molecular weight is 166 g/mol. The van der Waals surface area contributed by atoms with E-state index in [1.807, 2.05) is 0 Å². The van der Waals surface area contributed by atoms with E-state index in [0.29, 0.717) is 18.1 Å². The summed E-state index contributed by atoms with van der Waals surface area (Å²) in [5.74, 6) is 0. The van der Waals surface area contributed by atoms with Gasteiger partial charge in [-0.3, -0.25) is 0 Å². The molecule has 0 aromatic carbocycles. The fraction of sp³-hybridized carbons (Fsp3) is 0.667. The van der Waals surface area contributed by atoms with E-state index in [-0.39, 0.29) is 6.61 Å². The summed E-state index contributed by atoms with van der Waals surface area (Å²) in [6, 6.07) is 0. The molecule has 0 unspecified atom stereocenters. The summed E-state index contributed by atoms with van der Waals surface area (Å²) in [4.78, 5) is 0. The van der Waals surface area contributed by atoms with Gasteiger partial charge >= 0.3 is 0 Å². The summed E-state index contributed by atoms with van der Waals surface area (Å²) in [6.07, 6.45) is -0.712. The summed E-state index contributed by atoms with van der Waals surface area (Å²) in [6.45, 7) is 3.99. The number of nitrogens with one attached hydrogen (secondary N) is 1. The highest BCUT2D eigenvalue weighted by Crippen LogP contribution is 1.91. The van der Waals surface area contributed by atoms with Crippen LogP contribution in [-0.2, 0) is 0 Å². The van der Waals surface area contributed by atoms with Gasteiger partial charge in [0, 0.05) is 18.1 Å². The van der Waals surface area contributed by atoms with Crippen molar-refractivity contribution in [3.8, 4) is 0 Å². The average Bonchev–Trinajstić information content (AvgIpc) is 1.87. The van der Waals surface area contributed by atoms with Gasteiger partial charge < -0.3 is 15.5 Å². The molecule has 0 aromatic rings.